The van der Waals surface area contributed by atoms with Gasteiger partial charge in [0, 0.05) is 36.4 Å². The quantitative estimate of drug-likeness (QED) is 0.752. The molecular formula is C17H29ClN2O. The fraction of sp³-hybridized carbons (Fsp3) is 0.647. The summed E-state index contributed by atoms with van der Waals surface area (Å²) in [5.41, 5.74) is 8.35. The summed E-state index contributed by atoms with van der Waals surface area (Å²) in [6.45, 7) is 8.05. The maximum absolute atomic E-state index is 6.43. The number of hydrogen-bond donors (Lipinski definition) is 1. The van der Waals surface area contributed by atoms with Gasteiger partial charge >= 0.3 is 0 Å². The van der Waals surface area contributed by atoms with E-state index in [9.17, 15) is 0 Å². The average molecular weight is 313 g/mol. The van der Waals surface area contributed by atoms with Gasteiger partial charge in [0.1, 0.15) is 0 Å². The Morgan fingerprint density at radius 2 is 1.95 bits per heavy atom. The molecule has 0 aliphatic heterocycles. The van der Waals surface area contributed by atoms with Gasteiger partial charge < -0.3 is 15.4 Å². The monoisotopic (exact) mass is 312 g/mol. The molecule has 0 saturated carbocycles. The summed E-state index contributed by atoms with van der Waals surface area (Å²) in [6.07, 6.45) is 2.99. The summed E-state index contributed by atoms with van der Waals surface area (Å²) in [4.78, 5) is 2.42. The number of ether oxygens (including phenoxy) is 1. The van der Waals surface area contributed by atoms with Crippen LogP contribution in [0.4, 0.5) is 5.69 Å². The molecule has 0 aliphatic rings. The predicted octanol–water partition coefficient (Wildman–Crippen LogP) is 3.87. The number of rotatable bonds is 9. The lowest BCUT2D eigenvalue weighted by Crippen LogP contribution is -2.38. The molecule has 0 aromatic heterocycles. The van der Waals surface area contributed by atoms with Crippen LogP contribution in [0.15, 0.2) is 18.2 Å². The van der Waals surface area contributed by atoms with E-state index in [4.69, 9.17) is 22.1 Å². The first-order chi connectivity index (χ1) is 10.0. The van der Waals surface area contributed by atoms with Gasteiger partial charge in [-0.2, -0.15) is 0 Å². The molecule has 4 heteroatoms. The predicted molar refractivity (Wildman–Crippen MR) is 92.4 cm³/mol. The van der Waals surface area contributed by atoms with Gasteiger partial charge in [0.2, 0.25) is 0 Å². The highest BCUT2D eigenvalue weighted by molar-refractivity contribution is 6.31. The highest BCUT2D eigenvalue weighted by Gasteiger charge is 2.20. The van der Waals surface area contributed by atoms with Crippen molar-refractivity contribution in [3.05, 3.63) is 28.8 Å². The molecule has 1 rings (SSSR count). The number of hydrogen-bond acceptors (Lipinski definition) is 3. The standard InChI is InChI=1S/C17H29ClN2O/c1-5-14(6-2)20(10-11-21-4)17-9-7-8-16(18)15(17)12-13(3)19/h7-9,13-14H,5-6,10-12,19H2,1-4H3. The molecule has 0 aliphatic carbocycles. The Bertz CT molecular complexity index is 419. The third-order valence-electron chi connectivity index (χ3n) is 3.85. The van der Waals surface area contributed by atoms with Crippen molar-refractivity contribution < 1.29 is 4.74 Å². The second-order valence-corrected chi connectivity index (χ2v) is 5.98. The number of methoxy groups -OCH3 is 1. The van der Waals surface area contributed by atoms with E-state index in [0.717, 1.165) is 36.4 Å². The first kappa shape index (κ1) is 18.3. The second kappa shape index (κ2) is 9.29. The van der Waals surface area contributed by atoms with Crippen LogP contribution in [0.25, 0.3) is 0 Å². The van der Waals surface area contributed by atoms with Crippen LogP contribution in [0.5, 0.6) is 0 Å². The molecule has 0 bridgehead atoms. The maximum atomic E-state index is 6.43. The van der Waals surface area contributed by atoms with Gasteiger partial charge in [-0.3, -0.25) is 0 Å². The summed E-state index contributed by atoms with van der Waals surface area (Å²) < 4.78 is 5.28. The first-order valence-corrected chi connectivity index (χ1v) is 8.21. The van der Waals surface area contributed by atoms with E-state index in [1.54, 1.807) is 7.11 Å². The molecule has 0 radical (unpaired) electrons. The highest BCUT2D eigenvalue weighted by atomic mass is 35.5. The summed E-state index contributed by atoms with van der Waals surface area (Å²) in [5.74, 6) is 0. The van der Waals surface area contributed by atoms with Gasteiger partial charge in [-0.05, 0) is 43.9 Å². The molecule has 0 heterocycles. The van der Waals surface area contributed by atoms with Crippen LogP contribution < -0.4 is 10.6 Å². The molecule has 1 unspecified atom stereocenters. The summed E-state index contributed by atoms with van der Waals surface area (Å²) in [5, 5.41) is 0.804. The van der Waals surface area contributed by atoms with Gasteiger partial charge in [-0.15, -0.1) is 0 Å². The van der Waals surface area contributed by atoms with E-state index in [2.05, 4.69) is 24.8 Å². The molecule has 3 nitrogen and oxygen atoms in total. The van der Waals surface area contributed by atoms with Gasteiger partial charge in [0.15, 0.2) is 0 Å². The molecule has 0 spiro atoms. The SMILES string of the molecule is CCC(CC)N(CCOC)c1cccc(Cl)c1CC(C)N. The normalized spacial score (nSPS) is 12.7. The van der Waals surface area contributed by atoms with Gasteiger partial charge in [0.25, 0.3) is 0 Å². The molecule has 1 aromatic carbocycles. The van der Waals surface area contributed by atoms with Crippen molar-refractivity contribution in [3.63, 3.8) is 0 Å². The number of benzene rings is 1. The molecule has 120 valence electrons. The number of halogens is 1. The Balaban J connectivity index is 3.18. The average Bonchev–Trinajstić information content (AvgIpc) is 2.45. The Morgan fingerprint density at radius 3 is 2.48 bits per heavy atom. The lowest BCUT2D eigenvalue weighted by Gasteiger charge is -2.34. The van der Waals surface area contributed by atoms with Crippen molar-refractivity contribution in [1.82, 2.24) is 0 Å². The third-order valence-corrected chi connectivity index (χ3v) is 4.20. The molecular weight excluding hydrogens is 284 g/mol. The van der Waals surface area contributed by atoms with Crippen LogP contribution in [0.3, 0.4) is 0 Å². The van der Waals surface area contributed by atoms with Crippen LogP contribution in [-0.4, -0.2) is 32.3 Å². The maximum Gasteiger partial charge on any atom is 0.0637 e. The molecule has 1 atom stereocenters. The summed E-state index contributed by atoms with van der Waals surface area (Å²) in [6, 6.07) is 6.70. The zero-order valence-corrected chi connectivity index (χ0v) is 14.5. The van der Waals surface area contributed by atoms with Crippen LogP contribution in [0.2, 0.25) is 5.02 Å². The molecule has 0 amide bonds. The number of nitrogens with zero attached hydrogens (tertiary/aromatic N) is 1. The van der Waals surface area contributed by atoms with E-state index in [1.807, 2.05) is 19.1 Å². The molecule has 1 aromatic rings. The van der Waals surface area contributed by atoms with Crippen molar-refractivity contribution in [2.75, 3.05) is 25.2 Å². The van der Waals surface area contributed by atoms with Gasteiger partial charge in [0.05, 0.1) is 6.61 Å². The van der Waals surface area contributed by atoms with E-state index >= 15 is 0 Å². The van der Waals surface area contributed by atoms with Crippen molar-refractivity contribution in [3.8, 4) is 0 Å². The van der Waals surface area contributed by atoms with E-state index in [-0.39, 0.29) is 6.04 Å². The van der Waals surface area contributed by atoms with Gasteiger partial charge in [-0.25, -0.2) is 0 Å². The fourth-order valence-corrected chi connectivity index (χ4v) is 3.01. The Hall–Kier alpha value is -0.770. The van der Waals surface area contributed by atoms with Crippen molar-refractivity contribution in [2.24, 2.45) is 5.73 Å². The lowest BCUT2D eigenvalue weighted by molar-refractivity contribution is 0.202. The summed E-state index contributed by atoms with van der Waals surface area (Å²) >= 11 is 6.43. The smallest absolute Gasteiger partial charge is 0.0637 e. The molecule has 0 saturated heterocycles. The topological polar surface area (TPSA) is 38.5 Å². The highest BCUT2D eigenvalue weighted by Crippen LogP contribution is 2.31. The Labute approximate surface area is 134 Å². The van der Waals surface area contributed by atoms with Crippen LogP contribution in [0, 0.1) is 0 Å². The van der Waals surface area contributed by atoms with Gasteiger partial charge in [-0.1, -0.05) is 31.5 Å². The number of nitrogens with two attached hydrogens (primary N) is 1. The van der Waals surface area contributed by atoms with Crippen molar-refractivity contribution in [1.29, 1.82) is 0 Å². The minimum Gasteiger partial charge on any atom is -0.383 e. The third kappa shape index (κ3) is 5.17. The van der Waals surface area contributed by atoms with Crippen molar-refractivity contribution >= 4 is 17.3 Å². The largest absolute Gasteiger partial charge is 0.383 e. The minimum absolute atomic E-state index is 0.0922. The fourth-order valence-electron chi connectivity index (χ4n) is 2.76. The minimum atomic E-state index is 0.0922. The lowest BCUT2D eigenvalue weighted by atomic mass is 10.0. The van der Waals surface area contributed by atoms with Crippen molar-refractivity contribution in [2.45, 2.75) is 52.1 Å². The van der Waals surface area contributed by atoms with Crippen LogP contribution >= 0.6 is 11.6 Å². The molecule has 0 fully saturated rings. The second-order valence-electron chi connectivity index (χ2n) is 5.58. The molecule has 2 N–H and O–H groups in total. The summed E-state index contributed by atoms with van der Waals surface area (Å²) in [7, 11) is 1.74. The van der Waals surface area contributed by atoms with E-state index in [1.165, 1.54) is 5.69 Å². The van der Waals surface area contributed by atoms with Crippen LogP contribution in [-0.2, 0) is 11.2 Å². The Morgan fingerprint density at radius 1 is 1.29 bits per heavy atom. The zero-order chi connectivity index (χ0) is 15.8. The van der Waals surface area contributed by atoms with E-state index in [0.29, 0.717) is 12.6 Å². The van der Waals surface area contributed by atoms with E-state index < -0.39 is 0 Å². The van der Waals surface area contributed by atoms with Crippen LogP contribution in [0.1, 0.15) is 39.2 Å². The first-order valence-electron chi connectivity index (χ1n) is 7.83. The zero-order valence-electron chi connectivity index (χ0n) is 13.7. The Kier molecular flexibility index (Phi) is 8.09. The molecule has 21 heavy (non-hydrogen) atoms. The number of anilines is 1.